The molecular formula is C16H12BrClN2O. The molecule has 3 nitrogen and oxygen atoms in total. The molecule has 0 atom stereocenters. The van der Waals surface area contributed by atoms with Gasteiger partial charge in [0, 0.05) is 10.6 Å². The Hall–Kier alpha value is -1.62. The highest BCUT2D eigenvalue weighted by Crippen LogP contribution is 2.25. The van der Waals surface area contributed by atoms with Crippen LogP contribution in [0.25, 0.3) is 16.8 Å². The van der Waals surface area contributed by atoms with Crippen molar-refractivity contribution in [3.05, 3.63) is 69.9 Å². The van der Waals surface area contributed by atoms with Gasteiger partial charge in [-0.3, -0.25) is 0 Å². The zero-order valence-electron chi connectivity index (χ0n) is 11.0. The highest BCUT2D eigenvalue weighted by Gasteiger charge is 2.08. The van der Waals surface area contributed by atoms with Crippen LogP contribution in [-0.2, 0) is 6.61 Å². The van der Waals surface area contributed by atoms with Crippen LogP contribution in [0.5, 0.6) is 0 Å². The van der Waals surface area contributed by atoms with Crippen LogP contribution in [0.3, 0.4) is 0 Å². The zero-order chi connectivity index (χ0) is 14.8. The van der Waals surface area contributed by atoms with Crippen LogP contribution in [0.4, 0.5) is 0 Å². The van der Waals surface area contributed by atoms with Gasteiger partial charge in [0.1, 0.15) is 4.60 Å². The van der Waals surface area contributed by atoms with E-state index in [-0.39, 0.29) is 6.61 Å². The van der Waals surface area contributed by atoms with Gasteiger partial charge < -0.3 is 5.11 Å². The topological polar surface area (TPSA) is 38.1 Å². The summed E-state index contributed by atoms with van der Waals surface area (Å²) in [7, 11) is 0. The van der Waals surface area contributed by atoms with E-state index in [1.807, 2.05) is 48.5 Å². The summed E-state index contributed by atoms with van der Waals surface area (Å²) >= 11 is 9.46. The van der Waals surface area contributed by atoms with Gasteiger partial charge in [0.15, 0.2) is 0 Å². The third-order valence-electron chi connectivity index (χ3n) is 3.22. The maximum atomic E-state index is 9.20. The fourth-order valence-electron chi connectivity index (χ4n) is 2.12. The summed E-state index contributed by atoms with van der Waals surface area (Å²) in [4.78, 5) is 0. The van der Waals surface area contributed by atoms with Crippen molar-refractivity contribution >= 4 is 27.5 Å². The highest BCUT2D eigenvalue weighted by atomic mass is 79.9. The standard InChI is InChI=1S/C16H12BrClN2O/c17-16-13(10-21)9-19-20(16)15-6-4-11(5-7-15)12-2-1-3-14(18)8-12/h1-9,21H,10H2. The quantitative estimate of drug-likeness (QED) is 0.746. The Morgan fingerprint density at radius 1 is 1.10 bits per heavy atom. The lowest BCUT2D eigenvalue weighted by Crippen LogP contribution is -1.96. The Bertz CT molecular complexity index is 768. The lowest BCUT2D eigenvalue weighted by molar-refractivity contribution is 0.281. The predicted octanol–water partition coefficient (Wildman–Crippen LogP) is 4.45. The Morgan fingerprint density at radius 3 is 2.48 bits per heavy atom. The second kappa shape index (κ2) is 6.02. The average molecular weight is 364 g/mol. The Kier molecular flexibility index (Phi) is 4.10. The fraction of sp³-hybridized carbons (Fsp3) is 0.0625. The van der Waals surface area contributed by atoms with Crippen molar-refractivity contribution in [3.63, 3.8) is 0 Å². The molecule has 0 radical (unpaired) electrons. The van der Waals surface area contributed by atoms with Crippen LogP contribution < -0.4 is 0 Å². The van der Waals surface area contributed by atoms with E-state index >= 15 is 0 Å². The summed E-state index contributed by atoms with van der Waals surface area (Å²) in [5.74, 6) is 0. The largest absolute Gasteiger partial charge is 0.392 e. The number of aliphatic hydroxyl groups is 1. The van der Waals surface area contributed by atoms with Crippen molar-refractivity contribution in [1.82, 2.24) is 9.78 Å². The van der Waals surface area contributed by atoms with Gasteiger partial charge in [-0.1, -0.05) is 35.9 Å². The molecule has 0 aliphatic carbocycles. The number of hydrogen-bond acceptors (Lipinski definition) is 2. The van der Waals surface area contributed by atoms with Crippen LogP contribution in [0.2, 0.25) is 5.02 Å². The summed E-state index contributed by atoms with van der Waals surface area (Å²) in [5, 5.41) is 14.2. The smallest absolute Gasteiger partial charge is 0.115 e. The van der Waals surface area contributed by atoms with Crippen molar-refractivity contribution in [1.29, 1.82) is 0 Å². The van der Waals surface area contributed by atoms with E-state index in [4.69, 9.17) is 11.6 Å². The van der Waals surface area contributed by atoms with Crippen LogP contribution in [0.1, 0.15) is 5.56 Å². The molecule has 1 N–H and O–H groups in total. The third-order valence-corrected chi connectivity index (χ3v) is 4.30. The maximum absolute atomic E-state index is 9.20. The van der Waals surface area contributed by atoms with Gasteiger partial charge in [-0.2, -0.15) is 5.10 Å². The first-order valence-electron chi connectivity index (χ1n) is 6.38. The highest BCUT2D eigenvalue weighted by molar-refractivity contribution is 9.10. The SMILES string of the molecule is OCc1cnn(-c2ccc(-c3cccc(Cl)c3)cc2)c1Br. The van der Waals surface area contributed by atoms with Gasteiger partial charge in [0.2, 0.25) is 0 Å². The van der Waals surface area contributed by atoms with Crippen molar-refractivity contribution < 1.29 is 5.11 Å². The van der Waals surface area contributed by atoms with E-state index < -0.39 is 0 Å². The Labute approximate surface area is 135 Å². The number of aromatic nitrogens is 2. The molecule has 0 unspecified atom stereocenters. The molecule has 1 aromatic heterocycles. The first-order valence-corrected chi connectivity index (χ1v) is 7.56. The van der Waals surface area contributed by atoms with Gasteiger partial charge in [0.25, 0.3) is 0 Å². The minimum absolute atomic E-state index is 0.0405. The number of aliphatic hydroxyl groups excluding tert-OH is 1. The average Bonchev–Trinajstić information content (AvgIpc) is 2.88. The normalized spacial score (nSPS) is 10.8. The summed E-state index contributed by atoms with van der Waals surface area (Å²) < 4.78 is 2.51. The molecule has 2 aromatic carbocycles. The molecule has 0 fully saturated rings. The van der Waals surface area contributed by atoms with Gasteiger partial charge >= 0.3 is 0 Å². The Morgan fingerprint density at radius 2 is 1.86 bits per heavy atom. The van der Waals surface area contributed by atoms with Crippen molar-refractivity contribution in [2.75, 3.05) is 0 Å². The van der Waals surface area contributed by atoms with Crippen molar-refractivity contribution in [2.24, 2.45) is 0 Å². The summed E-state index contributed by atoms with van der Waals surface area (Å²) in [6.07, 6.45) is 1.65. The number of rotatable bonds is 3. The van der Waals surface area contributed by atoms with Crippen molar-refractivity contribution in [2.45, 2.75) is 6.61 Å². The lowest BCUT2D eigenvalue weighted by atomic mass is 10.1. The zero-order valence-corrected chi connectivity index (χ0v) is 13.3. The first-order chi connectivity index (χ1) is 10.2. The van der Waals surface area contributed by atoms with Crippen LogP contribution in [0, 0.1) is 0 Å². The molecule has 3 aromatic rings. The van der Waals surface area contributed by atoms with E-state index in [2.05, 4.69) is 21.0 Å². The molecule has 1 heterocycles. The van der Waals surface area contributed by atoms with E-state index in [0.29, 0.717) is 0 Å². The second-order valence-corrected chi connectivity index (χ2v) is 5.78. The minimum Gasteiger partial charge on any atom is -0.392 e. The molecule has 3 rings (SSSR count). The number of halogens is 2. The van der Waals surface area contributed by atoms with Gasteiger partial charge in [-0.25, -0.2) is 4.68 Å². The van der Waals surface area contributed by atoms with Gasteiger partial charge in [-0.15, -0.1) is 0 Å². The van der Waals surface area contributed by atoms with E-state index in [0.717, 1.165) is 32.0 Å². The monoisotopic (exact) mass is 362 g/mol. The summed E-state index contributed by atoms with van der Waals surface area (Å²) in [6, 6.07) is 15.8. The first kappa shape index (κ1) is 14.3. The van der Waals surface area contributed by atoms with Crippen LogP contribution >= 0.6 is 27.5 Å². The summed E-state index contributed by atoms with van der Waals surface area (Å²) in [6.45, 7) is -0.0405. The number of nitrogens with zero attached hydrogens (tertiary/aromatic N) is 2. The molecule has 0 amide bonds. The minimum atomic E-state index is -0.0405. The number of benzene rings is 2. The van der Waals surface area contributed by atoms with Crippen molar-refractivity contribution in [3.8, 4) is 16.8 Å². The number of hydrogen-bond donors (Lipinski definition) is 1. The molecule has 0 saturated heterocycles. The molecule has 106 valence electrons. The third kappa shape index (κ3) is 2.88. The molecule has 21 heavy (non-hydrogen) atoms. The molecule has 0 saturated carbocycles. The molecular weight excluding hydrogens is 352 g/mol. The molecule has 0 spiro atoms. The van der Waals surface area contributed by atoms with Crippen LogP contribution in [-0.4, -0.2) is 14.9 Å². The Balaban J connectivity index is 1.95. The molecule has 0 bridgehead atoms. The van der Waals surface area contributed by atoms with E-state index in [1.165, 1.54) is 0 Å². The molecule has 0 aliphatic heterocycles. The predicted molar refractivity (Wildman–Crippen MR) is 87.6 cm³/mol. The maximum Gasteiger partial charge on any atom is 0.115 e. The van der Waals surface area contributed by atoms with Crippen LogP contribution in [0.15, 0.2) is 59.3 Å². The lowest BCUT2D eigenvalue weighted by Gasteiger charge is -2.06. The summed E-state index contributed by atoms with van der Waals surface area (Å²) in [5.41, 5.74) is 3.85. The fourth-order valence-corrected chi connectivity index (χ4v) is 2.83. The molecule has 5 heteroatoms. The van der Waals surface area contributed by atoms with E-state index in [9.17, 15) is 5.11 Å². The molecule has 0 aliphatic rings. The van der Waals surface area contributed by atoms with Gasteiger partial charge in [-0.05, 0) is 51.3 Å². The van der Waals surface area contributed by atoms with E-state index in [1.54, 1.807) is 10.9 Å². The van der Waals surface area contributed by atoms with Gasteiger partial charge in [0.05, 0.1) is 18.5 Å². The second-order valence-electron chi connectivity index (χ2n) is 4.59.